The van der Waals surface area contributed by atoms with Gasteiger partial charge in [-0.1, -0.05) is 29.8 Å². The molecule has 170 valence electrons. The maximum Gasteiger partial charge on any atom is 0.293 e. The lowest BCUT2D eigenvalue weighted by Crippen LogP contribution is -2.27. The summed E-state index contributed by atoms with van der Waals surface area (Å²) in [5.41, 5.74) is 1.18. The summed E-state index contributed by atoms with van der Waals surface area (Å²) in [5.74, 6) is 0.383. The number of amides is 2. The van der Waals surface area contributed by atoms with Crippen molar-refractivity contribution in [2.45, 2.75) is 20.4 Å². The van der Waals surface area contributed by atoms with Crippen LogP contribution < -0.4 is 9.47 Å². The summed E-state index contributed by atoms with van der Waals surface area (Å²) >= 11 is 6.94. The number of rotatable bonds is 7. The second kappa shape index (κ2) is 9.85. The van der Waals surface area contributed by atoms with Gasteiger partial charge < -0.3 is 9.47 Å². The number of benzene rings is 3. The fourth-order valence-corrected chi connectivity index (χ4v) is 4.62. The number of fused-ring (bicyclic) bond motifs is 1. The van der Waals surface area contributed by atoms with Crippen molar-refractivity contribution in [3.63, 3.8) is 0 Å². The molecule has 0 aliphatic carbocycles. The maximum absolute atomic E-state index is 13.4. The second-order valence-corrected chi connectivity index (χ2v) is 8.63. The van der Waals surface area contributed by atoms with Gasteiger partial charge in [-0.05, 0) is 78.4 Å². The highest BCUT2D eigenvalue weighted by atomic mass is 35.5. The Balaban J connectivity index is 1.73. The molecule has 1 aliphatic heterocycles. The van der Waals surface area contributed by atoms with Gasteiger partial charge in [0.15, 0.2) is 0 Å². The van der Waals surface area contributed by atoms with Crippen LogP contribution in [-0.4, -0.2) is 29.3 Å². The summed E-state index contributed by atoms with van der Waals surface area (Å²) < 4.78 is 24.8. The third-order valence-electron chi connectivity index (χ3n) is 5.10. The zero-order valence-corrected chi connectivity index (χ0v) is 19.6. The molecule has 1 saturated heterocycles. The van der Waals surface area contributed by atoms with Crippen LogP contribution in [0, 0.1) is 5.82 Å². The number of hydrogen-bond donors (Lipinski definition) is 0. The summed E-state index contributed by atoms with van der Waals surface area (Å²) in [6.45, 7) is 4.72. The van der Waals surface area contributed by atoms with Crippen LogP contribution in [0.3, 0.4) is 0 Å². The molecular formula is C25H21ClFNO4S. The van der Waals surface area contributed by atoms with Crippen LogP contribution in [0.2, 0.25) is 5.02 Å². The van der Waals surface area contributed by atoms with Crippen molar-refractivity contribution in [2.24, 2.45) is 0 Å². The van der Waals surface area contributed by atoms with Gasteiger partial charge >= 0.3 is 0 Å². The first-order valence-electron chi connectivity index (χ1n) is 10.4. The highest BCUT2D eigenvalue weighted by Gasteiger charge is 2.35. The molecule has 8 heteroatoms. The molecule has 0 atom stereocenters. The van der Waals surface area contributed by atoms with Crippen LogP contribution in [0.15, 0.2) is 53.4 Å². The highest BCUT2D eigenvalue weighted by molar-refractivity contribution is 8.18. The molecule has 0 spiro atoms. The minimum absolute atomic E-state index is 0.0382. The molecule has 1 fully saturated rings. The van der Waals surface area contributed by atoms with Crippen molar-refractivity contribution >= 4 is 51.4 Å². The van der Waals surface area contributed by atoms with Crippen LogP contribution in [0.1, 0.15) is 25.0 Å². The summed E-state index contributed by atoms with van der Waals surface area (Å²) in [6.07, 6.45) is 1.68. The molecular weight excluding hydrogens is 465 g/mol. The predicted molar refractivity (Wildman–Crippen MR) is 129 cm³/mol. The summed E-state index contributed by atoms with van der Waals surface area (Å²) in [4.78, 5) is 27.1. The molecule has 4 rings (SSSR count). The number of carbonyl (C=O) groups is 2. The number of imide groups is 1. The van der Waals surface area contributed by atoms with Gasteiger partial charge in [0.2, 0.25) is 0 Å². The topological polar surface area (TPSA) is 55.8 Å². The first-order valence-corrected chi connectivity index (χ1v) is 11.6. The third kappa shape index (κ3) is 4.84. The van der Waals surface area contributed by atoms with Gasteiger partial charge in [0, 0.05) is 10.6 Å². The van der Waals surface area contributed by atoms with Crippen LogP contribution in [0.4, 0.5) is 9.18 Å². The summed E-state index contributed by atoms with van der Waals surface area (Å²) in [7, 11) is 0. The van der Waals surface area contributed by atoms with Crippen molar-refractivity contribution < 1.29 is 23.5 Å². The van der Waals surface area contributed by atoms with Gasteiger partial charge in [0.1, 0.15) is 17.3 Å². The van der Waals surface area contributed by atoms with Crippen LogP contribution in [0.25, 0.3) is 16.8 Å². The fraction of sp³-hybridized carbons (Fsp3) is 0.200. The molecule has 0 unspecified atom stereocenters. The zero-order valence-electron chi connectivity index (χ0n) is 18.1. The van der Waals surface area contributed by atoms with Crippen molar-refractivity contribution in [1.82, 2.24) is 4.90 Å². The number of halogens is 2. The molecule has 5 nitrogen and oxygen atoms in total. The molecule has 0 N–H and O–H groups in total. The average Bonchev–Trinajstić information content (AvgIpc) is 3.05. The van der Waals surface area contributed by atoms with Gasteiger partial charge in [-0.25, -0.2) is 4.39 Å². The van der Waals surface area contributed by atoms with E-state index in [1.165, 1.54) is 12.1 Å². The third-order valence-corrected chi connectivity index (χ3v) is 6.36. The highest BCUT2D eigenvalue weighted by Crippen LogP contribution is 2.38. The van der Waals surface area contributed by atoms with Gasteiger partial charge in [0.05, 0.1) is 24.7 Å². The number of hydrogen-bond acceptors (Lipinski definition) is 5. The van der Waals surface area contributed by atoms with Crippen LogP contribution in [0.5, 0.6) is 11.5 Å². The molecule has 3 aromatic carbocycles. The van der Waals surface area contributed by atoms with Crippen molar-refractivity contribution in [2.75, 3.05) is 13.2 Å². The second-order valence-electron chi connectivity index (χ2n) is 7.23. The van der Waals surface area contributed by atoms with E-state index >= 15 is 0 Å². The Labute approximate surface area is 200 Å². The van der Waals surface area contributed by atoms with E-state index < -0.39 is 17.0 Å². The molecule has 0 aromatic heterocycles. The lowest BCUT2D eigenvalue weighted by atomic mass is 10.0. The van der Waals surface area contributed by atoms with E-state index in [4.69, 9.17) is 21.1 Å². The van der Waals surface area contributed by atoms with E-state index in [0.717, 1.165) is 33.5 Å². The van der Waals surface area contributed by atoms with Crippen molar-refractivity contribution in [3.8, 4) is 11.5 Å². The molecule has 33 heavy (non-hydrogen) atoms. The van der Waals surface area contributed by atoms with Gasteiger partial charge in [-0.15, -0.1) is 0 Å². The number of nitrogens with zero attached hydrogens (tertiary/aromatic N) is 1. The monoisotopic (exact) mass is 485 g/mol. The Bertz CT molecular complexity index is 1270. The van der Waals surface area contributed by atoms with E-state index in [9.17, 15) is 14.0 Å². The average molecular weight is 486 g/mol. The minimum atomic E-state index is -0.483. The van der Waals surface area contributed by atoms with Gasteiger partial charge in [-0.2, -0.15) is 0 Å². The van der Waals surface area contributed by atoms with E-state index in [2.05, 4.69) is 0 Å². The number of thioether (sulfide) groups is 1. The predicted octanol–water partition coefficient (Wildman–Crippen LogP) is 6.67. The fourth-order valence-electron chi connectivity index (χ4n) is 3.58. The summed E-state index contributed by atoms with van der Waals surface area (Å²) in [6, 6.07) is 13.4. The van der Waals surface area contributed by atoms with Crippen LogP contribution in [-0.2, 0) is 11.3 Å². The Morgan fingerprint density at radius 2 is 1.79 bits per heavy atom. The molecule has 0 bridgehead atoms. The molecule has 0 saturated carbocycles. The Morgan fingerprint density at radius 3 is 2.52 bits per heavy atom. The maximum atomic E-state index is 13.4. The van der Waals surface area contributed by atoms with E-state index in [1.807, 2.05) is 44.2 Å². The van der Waals surface area contributed by atoms with Gasteiger partial charge in [-0.3, -0.25) is 14.5 Å². The number of ether oxygens (including phenoxy) is 2. The van der Waals surface area contributed by atoms with Crippen molar-refractivity contribution in [1.29, 1.82) is 0 Å². The Kier molecular flexibility index (Phi) is 6.91. The first kappa shape index (κ1) is 23.1. The standard InChI is InChI=1S/C25H21ClFNO4S/c1-3-31-18-9-6-15-7-10-22(32-4-2)20(19(15)12-18)13-23-24(29)28(25(30)33-23)14-16-5-8-17(27)11-21(16)26/h5-13H,3-4,14H2,1-2H3/b23-13-. The SMILES string of the molecule is CCOc1ccc2ccc(OCC)c(/C=C3\SC(=O)N(Cc4ccc(F)cc4Cl)C3=O)c2c1. The Hall–Kier alpha value is -3.03. The quantitative estimate of drug-likeness (QED) is 0.350. The first-order chi connectivity index (χ1) is 15.9. The van der Waals surface area contributed by atoms with Crippen molar-refractivity contribution in [3.05, 3.63) is 75.4 Å². The van der Waals surface area contributed by atoms with Gasteiger partial charge in [0.25, 0.3) is 11.1 Å². The largest absolute Gasteiger partial charge is 0.494 e. The molecule has 1 heterocycles. The van der Waals surface area contributed by atoms with E-state index in [0.29, 0.717) is 35.8 Å². The smallest absolute Gasteiger partial charge is 0.293 e. The normalized spacial score (nSPS) is 15.0. The zero-order chi connectivity index (χ0) is 23.5. The molecule has 3 aromatic rings. The van der Waals surface area contributed by atoms with E-state index in [1.54, 1.807) is 6.08 Å². The lowest BCUT2D eigenvalue weighted by Gasteiger charge is -2.14. The van der Waals surface area contributed by atoms with Crippen LogP contribution >= 0.6 is 23.4 Å². The lowest BCUT2D eigenvalue weighted by molar-refractivity contribution is -0.123. The summed E-state index contributed by atoms with van der Waals surface area (Å²) in [5, 5.41) is 1.54. The molecule has 2 amide bonds. The minimum Gasteiger partial charge on any atom is -0.494 e. The Morgan fingerprint density at radius 1 is 1.03 bits per heavy atom. The number of carbonyl (C=O) groups excluding carboxylic acids is 2. The molecule has 1 aliphatic rings. The molecule has 0 radical (unpaired) electrons. The van der Waals surface area contributed by atoms with E-state index in [-0.39, 0.29) is 16.5 Å².